The van der Waals surface area contributed by atoms with E-state index in [1.807, 2.05) is 12.2 Å². The number of aliphatic hydroxyl groups excluding tert-OH is 3. The number of carbonyl (C=O) groups is 1. The molecule has 0 saturated heterocycles. The highest BCUT2D eigenvalue weighted by atomic mass is 16.5. The van der Waals surface area contributed by atoms with Crippen molar-refractivity contribution in [1.29, 1.82) is 0 Å². The van der Waals surface area contributed by atoms with Gasteiger partial charge in [-0.15, -0.1) is 0 Å². The van der Waals surface area contributed by atoms with Crippen molar-refractivity contribution in [3.05, 3.63) is 24.5 Å². The Morgan fingerprint density at radius 2 is 1.72 bits per heavy atom. The van der Waals surface area contributed by atoms with Gasteiger partial charge in [0.1, 0.15) is 0 Å². The van der Waals surface area contributed by atoms with Crippen molar-refractivity contribution in [2.45, 2.75) is 103 Å². The van der Waals surface area contributed by atoms with E-state index in [4.69, 9.17) is 4.74 Å². The molecular formula is C24H42O5. The van der Waals surface area contributed by atoms with Crippen LogP contribution in [0.1, 0.15) is 85.0 Å². The maximum Gasteiger partial charge on any atom is 0.313 e. The summed E-state index contributed by atoms with van der Waals surface area (Å²) in [6.45, 7) is 5.74. The molecule has 1 saturated carbocycles. The highest BCUT2D eigenvalue weighted by Crippen LogP contribution is 2.39. The fraction of sp³-hybridized carbons (Fsp3) is 0.792. The zero-order chi connectivity index (χ0) is 21.6. The number of aliphatic hydroxyl groups is 3. The van der Waals surface area contributed by atoms with E-state index in [0.29, 0.717) is 12.8 Å². The molecule has 1 aliphatic rings. The van der Waals surface area contributed by atoms with Crippen LogP contribution in [0.4, 0.5) is 0 Å². The smallest absolute Gasteiger partial charge is 0.313 e. The summed E-state index contributed by atoms with van der Waals surface area (Å²) in [6, 6.07) is 0. The highest BCUT2D eigenvalue weighted by Gasteiger charge is 2.40. The van der Waals surface area contributed by atoms with Crippen LogP contribution in [-0.4, -0.2) is 39.6 Å². The first-order valence-corrected chi connectivity index (χ1v) is 11.4. The van der Waals surface area contributed by atoms with Crippen LogP contribution in [0.25, 0.3) is 0 Å². The van der Waals surface area contributed by atoms with Gasteiger partial charge in [0.2, 0.25) is 0 Å². The molecule has 0 aromatic rings. The Balaban J connectivity index is 2.32. The Morgan fingerprint density at radius 1 is 1.03 bits per heavy atom. The largest absolute Gasteiger partial charge is 0.434 e. The average molecular weight is 411 g/mol. The fourth-order valence-corrected chi connectivity index (χ4v) is 4.07. The third-order valence-electron chi connectivity index (χ3n) is 5.89. The number of hydrogen-bond acceptors (Lipinski definition) is 5. The van der Waals surface area contributed by atoms with Crippen LogP contribution in [-0.2, 0) is 9.53 Å². The van der Waals surface area contributed by atoms with Gasteiger partial charge in [0, 0.05) is 0 Å². The quantitative estimate of drug-likeness (QED) is 0.170. The fourth-order valence-electron chi connectivity index (χ4n) is 4.07. The average Bonchev–Trinajstić information content (AvgIpc) is 2.94. The van der Waals surface area contributed by atoms with Crippen LogP contribution in [0, 0.1) is 17.8 Å². The number of rotatable bonds is 14. The van der Waals surface area contributed by atoms with Crippen molar-refractivity contribution in [2.24, 2.45) is 17.8 Å². The van der Waals surface area contributed by atoms with Crippen LogP contribution < -0.4 is 0 Å². The lowest BCUT2D eigenvalue weighted by atomic mass is 9.84. The summed E-state index contributed by atoms with van der Waals surface area (Å²) in [5, 5.41) is 30.8. The van der Waals surface area contributed by atoms with Crippen molar-refractivity contribution < 1.29 is 24.9 Å². The van der Waals surface area contributed by atoms with Gasteiger partial charge >= 0.3 is 5.97 Å². The van der Waals surface area contributed by atoms with Crippen LogP contribution in [0.2, 0.25) is 0 Å². The van der Waals surface area contributed by atoms with E-state index in [1.165, 1.54) is 6.26 Å². The SMILES string of the molecule is CCCCC[C@H](O)CC[C@@H]1[C@@H](CCC/C=C/C=C/OC(=O)C(C)C)[C@@H](O)C[C@H]1O. The standard InChI is InChI=1S/C24H42O5/c1-4-5-9-12-19(25)14-15-21-20(22(26)17-23(21)27)13-10-7-6-8-11-16-29-24(28)18(2)3/h6,8,11,16,18-23,25-27H,4-5,7,9-10,12-15,17H2,1-3H3/b8-6+,16-11+/t19-,20+,21+,22-,23+/m0/s1. The molecular weight excluding hydrogens is 368 g/mol. The number of carbonyl (C=O) groups excluding carboxylic acids is 1. The Hall–Kier alpha value is -1.17. The van der Waals surface area contributed by atoms with Gasteiger partial charge in [0.25, 0.3) is 0 Å². The molecule has 0 radical (unpaired) electrons. The molecule has 0 aliphatic heterocycles. The van der Waals surface area contributed by atoms with E-state index in [0.717, 1.165) is 51.4 Å². The summed E-state index contributed by atoms with van der Waals surface area (Å²) in [7, 11) is 0. The summed E-state index contributed by atoms with van der Waals surface area (Å²) in [5.41, 5.74) is 0. The summed E-state index contributed by atoms with van der Waals surface area (Å²) in [4.78, 5) is 11.3. The van der Waals surface area contributed by atoms with Gasteiger partial charge in [-0.2, -0.15) is 0 Å². The third kappa shape index (κ3) is 10.4. The molecule has 3 N–H and O–H groups in total. The van der Waals surface area contributed by atoms with Crippen LogP contribution in [0.5, 0.6) is 0 Å². The molecule has 0 bridgehead atoms. The first-order chi connectivity index (χ1) is 13.9. The van der Waals surface area contributed by atoms with Gasteiger partial charge in [-0.05, 0) is 62.9 Å². The van der Waals surface area contributed by atoms with Crippen LogP contribution >= 0.6 is 0 Å². The number of unbranched alkanes of at least 4 members (excludes halogenated alkanes) is 3. The van der Waals surface area contributed by atoms with E-state index in [1.54, 1.807) is 19.9 Å². The maximum atomic E-state index is 11.3. The summed E-state index contributed by atoms with van der Waals surface area (Å²) in [5.74, 6) is -0.207. The Morgan fingerprint density at radius 3 is 2.38 bits per heavy atom. The number of esters is 1. The number of hydrogen-bond donors (Lipinski definition) is 3. The predicted octanol–water partition coefficient (Wildman–Crippen LogP) is 4.51. The highest BCUT2D eigenvalue weighted by molar-refractivity contribution is 5.72. The van der Waals surface area contributed by atoms with Gasteiger partial charge in [0.05, 0.1) is 30.5 Å². The zero-order valence-corrected chi connectivity index (χ0v) is 18.5. The van der Waals surface area contributed by atoms with Gasteiger partial charge in [-0.3, -0.25) is 4.79 Å². The molecule has 5 nitrogen and oxygen atoms in total. The van der Waals surface area contributed by atoms with Crippen LogP contribution in [0.15, 0.2) is 24.5 Å². The minimum atomic E-state index is -0.466. The van der Waals surface area contributed by atoms with Crippen molar-refractivity contribution >= 4 is 5.97 Å². The Labute approximate surface area is 176 Å². The van der Waals surface area contributed by atoms with E-state index < -0.39 is 12.2 Å². The first-order valence-electron chi connectivity index (χ1n) is 11.4. The predicted molar refractivity (Wildman–Crippen MR) is 116 cm³/mol. The third-order valence-corrected chi connectivity index (χ3v) is 5.89. The van der Waals surface area contributed by atoms with Crippen LogP contribution in [0.3, 0.4) is 0 Å². The topological polar surface area (TPSA) is 87.0 Å². The Kier molecular flexibility index (Phi) is 13.2. The van der Waals surface area contributed by atoms with Crippen molar-refractivity contribution in [1.82, 2.24) is 0 Å². The minimum absolute atomic E-state index is 0.0742. The maximum absolute atomic E-state index is 11.3. The molecule has 0 aromatic heterocycles. The molecule has 1 fully saturated rings. The molecule has 1 aliphatic carbocycles. The van der Waals surface area contributed by atoms with E-state index in [2.05, 4.69) is 6.92 Å². The first kappa shape index (κ1) is 25.9. The van der Waals surface area contributed by atoms with Crippen molar-refractivity contribution in [2.75, 3.05) is 0 Å². The van der Waals surface area contributed by atoms with Gasteiger partial charge in [-0.1, -0.05) is 52.2 Å². The van der Waals surface area contributed by atoms with Gasteiger partial charge < -0.3 is 20.1 Å². The molecule has 0 heterocycles. The van der Waals surface area contributed by atoms with E-state index >= 15 is 0 Å². The lowest BCUT2D eigenvalue weighted by Gasteiger charge is -2.24. The van der Waals surface area contributed by atoms with Gasteiger partial charge in [-0.25, -0.2) is 0 Å². The summed E-state index contributed by atoms with van der Waals surface area (Å²) in [6.07, 6.45) is 14.5. The normalized spacial score (nSPS) is 26.0. The molecule has 0 unspecified atom stereocenters. The second kappa shape index (κ2) is 14.8. The molecule has 168 valence electrons. The molecule has 1 rings (SSSR count). The molecule has 0 spiro atoms. The number of allylic oxidation sites excluding steroid dienone is 3. The lowest BCUT2D eigenvalue weighted by molar-refractivity contribution is -0.141. The molecule has 29 heavy (non-hydrogen) atoms. The molecule has 0 amide bonds. The summed E-state index contributed by atoms with van der Waals surface area (Å²) >= 11 is 0. The van der Waals surface area contributed by atoms with Gasteiger partial charge in [0.15, 0.2) is 0 Å². The molecule has 5 atom stereocenters. The second-order valence-electron chi connectivity index (χ2n) is 8.70. The van der Waals surface area contributed by atoms with Crippen molar-refractivity contribution in [3.63, 3.8) is 0 Å². The lowest BCUT2D eigenvalue weighted by Crippen LogP contribution is -2.23. The minimum Gasteiger partial charge on any atom is -0.434 e. The molecule has 0 aromatic carbocycles. The van der Waals surface area contributed by atoms with E-state index in [-0.39, 0.29) is 29.8 Å². The Bertz CT molecular complexity index is 499. The van der Waals surface area contributed by atoms with Crippen molar-refractivity contribution in [3.8, 4) is 0 Å². The summed E-state index contributed by atoms with van der Waals surface area (Å²) < 4.78 is 4.96. The second-order valence-corrected chi connectivity index (χ2v) is 8.70. The molecule has 5 heteroatoms. The zero-order valence-electron chi connectivity index (χ0n) is 18.5. The number of ether oxygens (including phenoxy) is 1. The monoisotopic (exact) mass is 410 g/mol. The van der Waals surface area contributed by atoms with E-state index in [9.17, 15) is 20.1 Å².